The van der Waals surface area contributed by atoms with Crippen LogP contribution in [0.15, 0.2) is 0 Å². The van der Waals surface area contributed by atoms with Crippen LogP contribution in [0.5, 0.6) is 0 Å². The molecule has 0 aliphatic heterocycles. The van der Waals surface area contributed by atoms with Gasteiger partial charge in [0.25, 0.3) is 0 Å². The molecule has 5 heteroatoms. The van der Waals surface area contributed by atoms with Crippen LogP contribution in [0.1, 0.15) is 6.92 Å². The van der Waals surface area contributed by atoms with E-state index in [0.717, 1.165) is 0 Å². The first-order valence-electron chi connectivity index (χ1n) is 2.09. The van der Waals surface area contributed by atoms with Gasteiger partial charge in [0, 0.05) is 24.0 Å². The Bertz CT molecular complexity index is 100. The summed E-state index contributed by atoms with van der Waals surface area (Å²) in [6, 6.07) is 0. The monoisotopic (exact) mass is 180 g/mol. The molecule has 0 atom stereocenters. The zero-order valence-corrected chi connectivity index (χ0v) is 5.71. The molecule has 0 aromatic rings. The van der Waals surface area contributed by atoms with Crippen molar-refractivity contribution in [2.24, 2.45) is 0 Å². The van der Waals surface area contributed by atoms with Crippen molar-refractivity contribution in [3.63, 3.8) is 0 Å². The fraction of sp³-hybridized carbons (Fsp3) is 0.500. The molecule has 0 spiro atoms. The normalized spacial score (nSPS) is 7.22. The summed E-state index contributed by atoms with van der Waals surface area (Å²) in [6.07, 6.45) is 0. The van der Waals surface area contributed by atoms with Gasteiger partial charge in [-0.25, -0.2) is 0 Å². The largest absolute Gasteiger partial charge is 0.480 e. The smallest absolute Gasteiger partial charge is 0.322 e. The second kappa shape index (κ2) is 5.59. The second-order valence-electron chi connectivity index (χ2n) is 1.30. The molecular weight excluding hydrogens is 174 g/mol. The van der Waals surface area contributed by atoms with Gasteiger partial charge in [0.1, 0.15) is 6.54 Å². The molecule has 0 aromatic carbocycles. The van der Waals surface area contributed by atoms with Crippen molar-refractivity contribution < 1.29 is 31.8 Å². The summed E-state index contributed by atoms with van der Waals surface area (Å²) < 4.78 is 0. The van der Waals surface area contributed by atoms with Crippen molar-refractivity contribution in [1.29, 1.82) is 0 Å². The summed E-state index contributed by atoms with van der Waals surface area (Å²) >= 11 is 0. The molecule has 0 saturated carbocycles. The summed E-state index contributed by atoms with van der Waals surface area (Å²) in [5.41, 5.74) is 0. The van der Waals surface area contributed by atoms with Crippen molar-refractivity contribution in [2.75, 3.05) is 6.54 Å². The van der Waals surface area contributed by atoms with Gasteiger partial charge in [-0.1, -0.05) is 0 Å². The van der Waals surface area contributed by atoms with Crippen LogP contribution in [0.4, 0.5) is 0 Å². The maximum Gasteiger partial charge on any atom is 0.322 e. The Morgan fingerprint density at radius 2 is 2.00 bits per heavy atom. The number of carboxylic acid groups (broad SMARTS) is 1. The molecule has 0 saturated heterocycles. The topological polar surface area (TPSA) is 66.4 Å². The summed E-state index contributed by atoms with van der Waals surface area (Å²) in [5, 5.41) is 10.1. The molecule has 4 nitrogen and oxygen atoms in total. The summed E-state index contributed by atoms with van der Waals surface area (Å²) in [5.74, 6) is -1.35. The van der Waals surface area contributed by atoms with Crippen molar-refractivity contribution in [3.05, 3.63) is 0 Å². The number of hydrogen-bond acceptors (Lipinski definition) is 2. The summed E-state index contributed by atoms with van der Waals surface area (Å²) in [7, 11) is 0. The van der Waals surface area contributed by atoms with Gasteiger partial charge in [0.2, 0.25) is 5.91 Å². The van der Waals surface area contributed by atoms with Crippen LogP contribution in [-0.4, -0.2) is 23.5 Å². The number of carbonyl (C=O) groups is 2. The number of hydrogen-bond donors (Lipinski definition) is 2. The van der Waals surface area contributed by atoms with E-state index in [2.05, 4.69) is 5.32 Å². The fourth-order valence-corrected chi connectivity index (χ4v) is 0.200. The van der Waals surface area contributed by atoms with Gasteiger partial charge < -0.3 is 10.4 Å². The average molecular weight is 181 g/mol. The number of rotatable bonds is 2. The Hall–Kier alpha value is -0.541. The van der Waals surface area contributed by atoms with E-state index in [0.29, 0.717) is 0 Å². The molecule has 9 heavy (non-hydrogen) atoms. The van der Waals surface area contributed by atoms with E-state index in [4.69, 9.17) is 5.11 Å². The Labute approximate surface area is 63.1 Å². The first-order valence-corrected chi connectivity index (χ1v) is 2.09. The first kappa shape index (κ1) is 11.3. The molecule has 0 unspecified atom stereocenters. The van der Waals surface area contributed by atoms with Gasteiger partial charge in [-0.15, -0.1) is 0 Å². The molecule has 0 aromatic heterocycles. The SMILES string of the molecule is CC(=O)NCC(=O)O.[Cu]. The molecular formula is C4H7CuNO3. The van der Waals surface area contributed by atoms with Crippen LogP contribution in [0.25, 0.3) is 0 Å². The molecule has 1 amide bonds. The number of nitrogens with one attached hydrogen (secondary N) is 1. The Kier molecular flexibility index (Phi) is 7.01. The molecule has 0 rings (SSSR count). The van der Waals surface area contributed by atoms with Gasteiger partial charge >= 0.3 is 5.97 Å². The van der Waals surface area contributed by atoms with E-state index >= 15 is 0 Å². The van der Waals surface area contributed by atoms with Gasteiger partial charge in [-0.3, -0.25) is 9.59 Å². The summed E-state index contributed by atoms with van der Waals surface area (Å²) in [4.78, 5) is 19.7. The van der Waals surface area contributed by atoms with E-state index in [1.165, 1.54) is 6.92 Å². The van der Waals surface area contributed by atoms with Gasteiger partial charge in [0.05, 0.1) is 0 Å². The third-order valence-electron chi connectivity index (χ3n) is 0.489. The quantitative estimate of drug-likeness (QED) is 0.547. The molecule has 0 aliphatic rings. The van der Waals surface area contributed by atoms with E-state index < -0.39 is 5.97 Å². The minimum absolute atomic E-state index is 0. The van der Waals surface area contributed by atoms with Crippen molar-refractivity contribution in [1.82, 2.24) is 5.32 Å². The number of aliphatic carboxylic acids is 1. The second-order valence-corrected chi connectivity index (χ2v) is 1.30. The maximum absolute atomic E-state index is 9.97. The first-order chi connectivity index (χ1) is 3.63. The van der Waals surface area contributed by atoms with E-state index in [1.54, 1.807) is 0 Å². The molecule has 0 aliphatic carbocycles. The molecule has 0 fully saturated rings. The average Bonchev–Trinajstić information content (AvgIpc) is 1.61. The van der Waals surface area contributed by atoms with E-state index in [1.807, 2.05) is 0 Å². The van der Waals surface area contributed by atoms with Crippen LogP contribution in [-0.2, 0) is 26.7 Å². The van der Waals surface area contributed by atoms with Crippen LogP contribution in [0.2, 0.25) is 0 Å². The molecule has 0 bridgehead atoms. The zero-order valence-electron chi connectivity index (χ0n) is 4.77. The van der Waals surface area contributed by atoms with Crippen LogP contribution in [0.3, 0.4) is 0 Å². The minimum Gasteiger partial charge on any atom is -0.480 e. The fourth-order valence-electron chi connectivity index (χ4n) is 0.200. The third-order valence-corrected chi connectivity index (χ3v) is 0.489. The van der Waals surface area contributed by atoms with E-state index in [9.17, 15) is 9.59 Å². The molecule has 2 N–H and O–H groups in total. The predicted molar refractivity (Wildman–Crippen MR) is 26.3 cm³/mol. The zero-order chi connectivity index (χ0) is 6.57. The third kappa shape index (κ3) is 11.2. The Morgan fingerprint density at radius 3 is 2.11 bits per heavy atom. The number of amides is 1. The maximum atomic E-state index is 9.97. The Balaban J connectivity index is 0. The van der Waals surface area contributed by atoms with Crippen LogP contribution < -0.4 is 5.32 Å². The molecule has 0 heterocycles. The van der Waals surface area contributed by atoms with Crippen molar-refractivity contribution >= 4 is 11.9 Å². The van der Waals surface area contributed by atoms with Gasteiger partial charge in [-0.05, 0) is 0 Å². The van der Waals surface area contributed by atoms with Crippen LogP contribution >= 0.6 is 0 Å². The number of carboxylic acids is 1. The Morgan fingerprint density at radius 1 is 1.56 bits per heavy atom. The summed E-state index contributed by atoms with van der Waals surface area (Å²) in [6.45, 7) is 0.971. The molecule has 57 valence electrons. The predicted octanol–water partition coefficient (Wildman–Crippen LogP) is -0.795. The molecule has 1 radical (unpaired) electrons. The van der Waals surface area contributed by atoms with Crippen LogP contribution in [0, 0.1) is 0 Å². The van der Waals surface area contributed by atoms with Crippen molar-refractivity contribution in [2.45, 2.75) is 6.92 Å². The standard InChI is InChI=1S/C4H7NO3.Cu/c1-3(6)5-2-4(7)8;/h2H2,1H3,(H,5,6)(H,7,8);. The van der Waals surface area contributed by atoms with Gasteiger partial charge in [-0.2, -0.15) is 0 Å². The number of carbonyl (C=O) groups excluding carboxylic acids is 1. The van der Waals surface area contributed by atoms with E-state index in [-0.39, 0.29) is 29.5 Å². The van der Waals surface area contributed by atoms with Crippen molar-refractivity contribution in [3.8, 4) is 0 Å². The van der Waals surface area contributed by atoms with Gasteiger partial charge in [0.15, 0.2) is 0 Å². The minimum atomic E-state index is -1.03.